The van der Waals surface area contributed by atoms with Crippen molar-refractivity contribution in [2.24, 2.45) is 0 Å². The summed E-state index contributed by atoms with van der Waals surface area (Å²) in [6.07, 6.45) is -3.53. The summed E-state index contributed by atoms with van der Waals surface area (Å²) in [5.74, 6) is -0.364. The van der Waals surface area contributed by atoms with Gasteiger partial charge in [-0.15, -0.1) is 0 Å². The normalized spacial score (nSPS) is 12.6. The van der Waals surface area contributed by atoms with E-state index in [1.165, 1.54) is 25.3 Å². The van der Waals surface area contributed by atoms with Gasteiger partial charge in [0.2, 0.25) is 15.0 Å². The zero-order valence-electron chi connectivity index (χ0n) is 10.2. The Balaban J connectivity index is 2.69. The van der Waals surface area contributed by atoms with Crippen LogP contribution < -0.4 is 0 Å². The second kappa shape index (κ2) is 4.89. The van der Waals surface area contributed by atoms with Crippen LogP contribution in [0.1, 0.15) is 12.6 Å². The average molecular weight is 306 g/mol. The molecule has 0 aliphatic heterocycles. The van der Waals surface area contributed by atoms with E-state index < -0.39 is 32.6 Å². The van der Waals surface area contributed by atoms with Gasteiger partial charge in [0, 0.05) is 0 Å². The third-order valence-corrected chi connectivity index (χ3v) is 3.93. The smallest absolute Gasteiger partial charge is 0.433 e. The summed E-state index contributed by atoms with van der Waals surface area (Å²) in [6.45, 7) is 1.30. The Morgan fingerprint density at radius 3 is 2.50 bits per heavy atom. The van der Waals surface area contributed by atoms with Crippen molar-refractivity contribution < 1.29 is 26.0 Å². The molecule has 0 spiro atoms. The highest BCUT2D eigenvalue weighted by molar-refractivity contribution is 7.91. The summed E-state index contributed by atoms with van der Waals surface area (Å²) >= 11 is 0. The zero-order valence-corrected chi connectivity index (χ0v) is 11.0. The molecule has 108 valence electrons. The maximum atomic E-state index is 12.8. The van der Waals surface area contributed by atoms with Gasteiger partial charge in [0.15, 0.2) is 5.76 Å². The molecule has 0 aliphatic rings. The maximum Gasteiger partial charge on any atom is 0.433 e. The Hall–Kier alpha value is -1.90. The number of halogens is 3. The molecule has 5 nitrogen and oxygen atoms in total. The maximum absolute atomic E-state index is 12.8. The van der Waals surface area contributed by atoms with Gasteiger partial charge in [0.25, 0.3) is 0 Å². The number of nitrogens with zero attached hydrogens (tertiary/aromatic N) is 2. The van der Waals surface area contributed by atoms with Gasteiger partial charge in [-0.1, -0.05) is 6.92 Å². The SMILES string of the molecule is CCS(=O)(=O)c1nc(-c2ccco2)cc(C(F)(F)F)n1. The van der Waals surface area contributed by atoms with Crippen LogP contribution in [-0.2, 0) is 16.0 Å². The van der Waals surface area contributed by atoms with Crippen LogP contribution in [0.25, 0.3) is 11.5 Å². The first-order valence-corrected chi connectivity index (χ1v) is 7.12. The van der Waals surface area contributed by atoms with E-state index in [2.05, 4.69) is 9.97 Å². The molecule has 0 aromatic carbocycles. The Kier molecular flexibility index (Phi) is 3.55. The van der Waals surface area contributed by atoms with E-state index in [1.807, 2.05) is 0 Å². The lowest BCUT2D eigenvalue weighted by molar-refractivity contribution is -0.141. The Morgan fingerprint density at radius 1 is 1.30 bits per heavy atom. The van der Waals surface area contributed by atoms with Crippen LogP contribution in [0, 0.1) is 0 Å². The fraction of sp³-hybridized carbons (Fsp3) is 0.273. The quantitative estimate of drug-likeness (QED) is 0.815. The van der Waals surface area contributed by atoms with Crippen molar-refractivity contribution in [3.05, 3.63) is 30.2 Å². The predicted molar refractivity (Wildman–Crippen MR) is 62.5 cm³/mol. The fourth-order valence-electron chi connectivity index (χ4n) is 1.39. The van der Waals surface area contributed by atoms with Crippen LogP contribution in [0.15, 0.2) is 34.0 Å². The molecule has 0 saturated heterocycles. The van der Waals surface area contributed by atoms with Crippen LogP contribution in [0.5, 0.6) is 0 Å². The molecule has 0 atom stereocenters. The van der Waals surface area contributed by atoms with Gasteiger partial charge in [-0.25, -0.2) is 18.4 Å². The fourth-order valence-corrected chi connectivity index (χ4v) is 2.12. The topological polar surface area (TPSA) is 73.1 Å². The summed E-state index contributed by atoms with van der Waals surface area (Å²) in [5, 5.41) is -0.860. The molecule has 2 rings (SSSR count). The van der Waals surface area contributed by atoms with Gasteiger partial charge in [0.05, 0.1) is 12.0 Å². The molecule has 2 aromatic heterocycles. The summed E-state index contributed by atoms with van der Waals surface area (Å²) < 4.78 is 66.6. The van der Waals surface area contributed by atoms with Crippen molar-refractivity contribution in [1.82, 2.24) is 9.97 Å². The number of alkyl halides is 3. The van der Waals surface area contributed by atoms with Crippen LogP contribution in [0.2, 0.25) is 0 Å². The Labute approximate surface area is 112 Å². The summed E-state index contributed by atoms with van der Waals surface area (Å²) in [5.41, 5.74) is -1.56. The molecule has 0 bridgehead atoms. The van der Waals surface area contributed by atoms with Crippen LogP contribution >= 0.6 is 0 Å². The molecule has 2 aromatic rings. The first-order valence-electron chi connectivity index (χ1n) is 5.47. The monoisotopic (exact) mass is 306 g/mol. The number of hydrogen-bond donors (Lipinski definition) is 0. The lowest BCUT2D eigenvalue weighted by Gasteiger charge is -2.09. The number of rotatable bonds is 3. The van der Waals surface area contributed by atoms with Crippen molar-refractivity contribution in [1.29, 1.82) is 0 Å². The van der Waals surface area contributed by atoms with E-state index in [-0.39, 0.29) is 11.5 Å². The molecule has 0 fully saturated rings. The minimum absolute atomic E-state index is 0.0328. The van der Waals surface area contributed by atoms with E-state index in [4.69, 9.17) is 4.42 Å². The minimum Gasteiger partial charge on any atom is -0.463 e. The first-order chi connectivity index (χ1) is 9.24. The molecule has 0 unspecified atom stereocenters. The second-order valence-corrected chi connectivity index (χ2v) is 5.97. The molecule has 0 radical (unpaired) electrons. The summed E-state index contributed by atoms with van der Waals surface area (Å²) in [7, 11) is -3.96. The molecule has 0 saturated carbocycles. The van der Waals surface area contributed by atoms with Gasteiger partial charge in [-0.3, -0.25) is 0 Å². The molecular formula is C11H9F3N2O3S. The molecule has 0 aliphatic carbocycles. The molecule has 0 amide bonds. The number of aromatic nitrogens is 2. The van der Waals surface area contributed by atoms with E-state index in [0.717, 1.165) is 0 Å². The molecule has 20 heavy (non-hydrogen) atoms. The largest absolute Gasteiger partial charge is 0.463 e. The highest BCUT2D eigenvalue weighted by Crippen LogP contribution is 2.31. The minimum atomic E-state index is -4.78. The van der Waals surface area contributed by atoms with Crippen LogP contribution in [0.4, 0.5) is 13.2 Å². The predicted octanol–water partition coefficient (Wildman–Crippen LogP) is 2.55. The van der Waals surface area contributed by atoms with Gasteiger partial charge in [-0.2, -0.15) is 13.2 Å². The standard InChI is InChI=1S/C11H9F3N2O3S/c1-2-20(17,18)10-15-7(8-4-3-5-19-8)6-9(16-10)11(12,13)14/h3-6H,2H2,1H3. The van der Waals surface area contributed by atoms with E-state index in [9.17, 15) is 21.6 Å². The second-order valence-electron chi connectivity index (χ2n) is 3.80. The summed E-state index contributed by atoms with van der Waals surface area (Å²) in [6, 6.07) is 3.48. The van der Waals surface area contributed by atoms with Gasteiger partial charge >= 0.3 is 6.18 Å². The molecule has 9 heteroatoms. The van der Waals surface area contributed by atoms with Crippen molar-refractivity contribution in [3.63, 3.8) is 0 Å². The van der Waals surface area contributed by atoms with Gasteiger partial charge < -0.3 is 4.42 Å². The van der Waals surface area contributed by atoms with Gasteiger partial charge in [-0.05, 0) is 18.2 Å². The lowest BCUT2D eigenvalue weighted by Crippen LogP contribution is -2.15. The lowest BCUT2D eigenvalue weighted by atomic mass is 10.2. The third-order valence-electron chi connectivity index (χ3n) is 2.43. The first kappa shape index (κ1) is 14.5. The van der Waals surface area contributed by atoms with Crippen molar-refractivity contribution in [2.75, 3.05) is 5.75 Å². The van der Waals surface area contributed by atoms with E-state index in [0.29, 0.717) is 6.07 Å². The zero-order chi connectivity index (χ0) is 15.0. The molecule has 0 N–H and O–H groups in total. The van der Waals surface area contributed by atoms with Crippen molar-refractivity contribution in [3.8, 4) is 11.5 Å². The van der Waals surface area contributed by atoms with E-state index >= 15 is 0 Å². The number of sulfone groups is 1. The molecule has 2 heterocycles. The average Bonchev–Trinajstić information content (AvgIpc) is 2.91. The third kappa shape index (κ3) is 2.82. The highest BCUT2D eigenvalue weighted by atomic mass is 32.2. The van der Waals surface area contributed by atoms with Gasteiger partial charge in [0.1, 0.15) is 11.4 Å². The number of furan rings is 1. The Bertz CT molecular complexity index is 709. The van der Waals surface area contributed by atoms with Crippen molar-refractivity contribution in [2.45, 2.75) is 18.3 Å². The van der Waals surface area contributed by atoms with Crippen molar-refractivity contribution >= 4 is 9.84 Å². The summed E-state index contributed by atoms with van der Waals surface area (Å²) in [4.78, 5) is 6.73. The highest BCUT2D eigenvalue weighted by Gasteiger charge is 2.35. The van der Waals surface area contributed by atoms with E-state index in [1.54, 1.807) is 0 Å². The Morgan fingerprint density at radius 2 is 2.00 bits per heavy atom. The number of hydrogen-bond acceptors (Lipinski definition) is 5. The molecular weight excluding hydrogens is 297 g/mol. The van der Waals surface area contributed by atoms with Crippen LogP contribution in [-0.4, -0.2) is 24.1 Å². The van der Waals surface area contributed by atoms with Crippen LogP contribution in [0.3, 0.4) is 0 Å².